The molecule has 0 spiro atoms. The van der Waals surface area contributed by atoms with E-state index < -0.39 is 17.7 Å². The molecule has 4 rings (SSSR count). The Kier molecular flexibility index (Phi) is 6.67. The molecule has 1 N–H and O–H groups in total. The molecule has 0 radical (unpaired) electrons. The lowest BCUT2D eigenvalue weighted by Crippen LogP contribution is -2.29. The van der Waals surface area contributed by atoms with Gasteiger partial charge in [0.15, 0.2) is 0 Å². The molecule has 2 aromatic carbocycles. The number of halogens is 2. The Morgan fingerprint density at radius 3 is 2.61 bits per heavy atom. The van der Waals surface area contributed by atoms with Gasteiger partial charge >= 0.3 is 0 Å². The number of likely N-dealkylation sites (tertiary alicyclic amines) is 1. The van der Waals surface area contributed by atoms with E-state index in [0.717, 1.165) is 5.56 Å². The average Bonchev–Trinajstić information content (AvgIpc) is 3.05. The Morgan fingerprint density at radius 2 is 1.94 bits per heavy atom. The largest absolute Gasteiger partial charge is 0.507 e. The van der Waals surface area contributed by atoms with Gasteiger partial charge in [-0.2, -0.15) is 0 Å². The normalized spacial score (nSPS) is 17.4. The molecule has 1 saturated heterocycles. The summed E-state index contributed by atoms with van der Waals surface area (Å²) in [7, 11) is 0. The van der Waals surface area contributed by atoms with E-state index in [-0.39, 0.29) is 22.9 Å². The van der Waals surface area contributed by atoms with Crippen molar-refractivity contribution >= 4 is 40.7 Å². The number of carbonyl (C=O) groups excluding carboxylic acids is 2. The summed E-state index contributed by atoms with van der Waals surface area (Å²) in [6, 6.07) is 14.3. The van der Waals surface area contributed by atoms with Gasteiger partial charge in [0.05, 0.1) is 23.2 Å². The summed E-state index contributed by atoms with van der Waals surface area (Å²) < 4.78 is 5.44. The SMILES string of the molecule is CCOc1ccc(/C(O)=C2/C(=O)C(=O)N(Cc3cccnc3)C2c2cccc(Cl)c2)cc1Cl. The number of carbonyl (C=O) groups is 2. The van der Waals surface area contributed by atoms with Crippen molar-refractivity contribution in [3.05, 3.63) is 99.3 Å². The summed E-state index contributed by atoms with van der Waals surface area (Å²) in [6.45, 7) is 2.40. The van der Waals surface area contributed by atoms with Crippen molar-refractivity contribution in [1.29, 1.82) is 0 Å². The van der Waals surface area contributed by atoms with Crippen LogP contribution in [0.4, 0.5) is 0 Å². The van der Waals surface area contributed by atoms with E-state index >= 15 is 0 Å². The van der Waals surface area contributed by atoms with E-state index in [1.807, 2.05) is 13.0 Å². The summed E-state index contributed by atoms with van der Waals surface area (Å²) in [5, 5.41) is 11.9. The third-order valence-corrected chi connectivity index (χ3v) is 5.82. The molecule has 168 valence electrons. The van der Waals surface area contributed by atoms with Gasteiger partial charge in [0.2, 0.25) is 0 Å². The number of pyridine rings is 1. The topological polar surface area (TPSA) is 79.7 Å². The van der Waals surface area contributed by atoms with E-state index in [1.165, 1.54) is 11.0 Å². The van der Waals surface area contributed by atoms with E-state index in [9.17, 15) is 14.7 Å². The zero-order valence-corrected chi connectivity index (χ0v) is 19.2. The molecule has 8 heteroatoms. The molecule has 6 nitrogen and oxygen atoms in total. The van der Waals surface area contributed by atoms with Crippen LogP contribution >= 0.6 is 23.2 Å². The number of benzene rings is 2. The minimum absolute atomic E-state index is 0.0358. The highest BCUT2D eigenvalue weighted by atomic mass is 35.5. The van der Waals surface area contributed by atoms with Crippen molar-refractivity contribution in [1.82, 2.24) is 9.88 Å². The van der Waals surface area contributed by atoms with Gasteiger partial charge in [-0.25, -0.2) is 0 Å². The third-order valence-electron chi connectivity index (χ3n) is 5.29. The Hall–Kier alpha value is -3.35. The van der Waals surface area contributed by atoms with Crippen LogP contribution in [0.3, 0.4) is 0 Å². The Morgan fingerprint density at radius 1 is 1.12 bits per heavy atom. The lowest BCUT2D eigenvalue weighted by molar-refractivity contribution is -0.140. The van der Waals surface area contributed by atoms with Crippen molar-refractivity contribution in [2.75, 3.05) is 6.61 Å². The Bertz CT molecular complexity index is 1240. The second kappa shape index (κ2) is 9.65. The van der Waals surface area contributed by atoms with Crippen molar-refractivity contribution in [2.45, 2.75) is 19.5 Å². The highest BCUT2D eigenvalue weighted by Crippen LogP contribution is 2.41. The number of aliphatic hydroxyl groups is 1. The maximum absolute atomic E-state index is 13.1. The number of ether oxygens (including phenoxy) is 1. The predicted molar refractivity (Wildman–Crippen MR) is 126 cm³/mol. The van der Waals surface area contributed by atoms with E-state index in [0.29, 0.717) is 28.5 Å². The highest BCUT2D eigenvalue weighted by Gasteiger charge is 2.46. The fraction of sp³-hybridized carbons (Fsp3) is 0.160. The van der Waals surface area contributed by atoms with Crippen molar-refractivity contribution in [3.8, 4) is 5.75 Å². The number of Topliss-reactive ketones (excluding diaryl/α,β-unsaturated/α-hetero) is 1. The summed E-state index contributed by atoms with van der Waals surface area (Å²) in [5.41, 5.74) is 1.61. The number of nitrogens with zero attached hydrogens (tertiary/aromatic N) is 2. The number of aromatic nitrogens is 1. The van der Waals surface area contributed by atoms with Gasteiger partial charge in [0.25, 0.3) is 11.7 Å². The Balaban J connectivity index is 1.85. The van der Waals surface area contributed by atoms with Gasteiger partial charge in [0, 0.05) is 29.5 Å². The summed E-state index contributed by atoms with van der Waals surface area (Å²) >= 11 is 12.5. The van der Waals surface area contributed by atoms with Gasteiger partial charge in [0.1, 0.15) is 11.5 Å². The first kappa shape index (κ1) is 22.8. The molecule has 0 saturated carbocycles. The van der Waals surface area contributed by atoms with Crippen LogP contribution in [0.5, 0.6) is 5.75 Å². The van der Waals surface area contributed by atoms with E-state index in [1.54, 1.807) is 54.9 Å². The van der Waals surface area contributed by atoms with Gasteiger partial charge < -0.3 is 14.7 Å². The highest BCUT2D eigenvalue weighted by molar-refractivity contribution is 6.46. The van der Waals surface area contributed by atoms with Gasteiger partial charge in [-0.05, 0) is 54.4 Å². The molecule has 1 atom stereocenters. The van der Waals surface area contributed by atoms with Gasteiger partial charge in [-0.3, -0.25) is 14.6 Å². The van der Waals surface area contributed by atoms with Crippen molar-refractivity contribution in [2.24, 2.45) is 0 Å². The molecule has 1 aliphatic rings. The molecule has 3 aromatic rings. The van der Waals surface area contributed by atoms with Crippen LogP contribution in [-0.2, 0) is 16.1 Å². The first-order valence-corrected chi connectivity index (χ1v) is 11.0. The van der Waals surface area contributed by atoms with Gasteiger partial charge in [-0.1, -0.05) is 41.4 Å². The quantitative estimate of drug-likeness (QED) is 0.288. The first-order valence-electron chi connectivity index (χ1n) is 10.3. The number of hydrogen-bond donors (Lipinski definition) is 1. The lowest BCUT2D eigenvalue weighted by atomic mass is 9.95. The molecule has 0 bridgehead atoms. The molecule has 1 amide bonds. The van der Waals surface area contributed by atoms with Crippen LogP contribution in [-0.4, -0.2) is 33.3 Å². The van der Waals surface area contributed by atoms with Crippen LogP contribution in [0.1, 0.15) is 29.7 Å². The zero-order valence-electron chi connectivity index (χ0n) is 17.7. The van der Waals surface area contributed by atoms with Gasteiger partial charge in [-0.15, -0.1) is 0 Å². The van der Waals surface area contributed by atoms with E-state index in [2.05, 4.69) is 4.98 Å². The molecule has 2 heterocycles. The second-order valence-electron chi connectivity index (χ2n) is 7.42. The molecular formula is C25H20Cl2N2O4. The average molecular weight is 483 g/mol. The molecule has 1 aliphatic heterocycles. The predicted octanol–water partition coefficient (Wildman–Crippen LogP) is 5.41. The minimum atomic E-state index is -0.839. The molecule has 33 heavy (non-hydrogen) atoms. The second-order valence-corrected chi connectivity index (χ2v) is 8.27. The third kappa shape index (κ3) is 4.58. The number of hydrogen-bond acceptors (Lipinski definition) is 5. The molecule has 1 unspecified atom stereocenters. The van der Waals surface area contributed by atoms with Crippen LogP contribution in [0.2, 0.25) is 10.0 Å². The Labute approximate surface area is 201 Å². The summed E-state index contributed by atoms with van der Waals surface area (Å²) in [5.74, 6) is -1.37. The van der Waals surface area contributed by atoms with Crippen LogP contribution in [0.25, 0.3) is 5.76 Å². The first-order chi connectivity index (χ1) is 15.9. The minimum Gasteiger partial charge on any atom is -0.507 e. The van der Waals surface area contributed by atoms with Crippen LogP contribution in [0, 0.1) is 0 Å². The number of aliphatic hydroxyl groups excluding tert-OH is 1. The molecule has 1 fully saturated rings. The van der Waals surface area contributed by atoms with Crippen molar-refractivity contribution in [3.63, 3.8) is 0 Å². The fourth-order valence-corrected chi connectivity index (χ4v) is 4.26. The van der Waals surface area contributed by atoms with Crippen LogP contribution in [0.15, 0.2) is 72.6 Å². The standard InChI is InChI=1S/C25H20Cl2N2O4/c1-2-33-20-9-8-17(12-19(20)27)23(30)21-22(16-6-3-7-18(26)11-16)29(25(32)24(21)31)14-15-5-4-10-28-13-15/h3-13,22,30H,2,14H2,1H3/b23-21-. The number of rotatable bonds is 6. The number of ketones is 1. The van der Waals surface area contributed by atoms with Crippen molar-refractivity contribution < 1.29 is 19.4 Å². The maximum atomic E-state index is 13.1. The summed E-state index contributed by atoms with van der Waals surface area (Å²) in [4.78, 5) is 31.7. The molecule has 0 aliphatic carbocycles. The fourth-order valence-electron chi connectivity index (χ4n) is 3.83. The molecule has 1 aromatic heterocycles. The smallest absolute Gasteiger partial charge is 0.295 e. The molecular weight excluding hydrogens is 463 g/mol. The lowest BCUT2D eigenvalue weighted by Gasteiger charge is -2.25. The summed E-state index contributed by atoms with van der Waals surface area (Å²) in [6.07, 6.45) is 3.25. The maximum Gasteiger partial charge on any atom is 0.295 e. The van der Waals surface area contributed by atoms with Crippen LogP contribution < -0.4 is 4.74 Å². The monoisotopic (exact) mass is 482 g/mol. The zero-order chi connectivity index (χ0) is 23.5. The number of amides is 1. The van der Waals surface area contributed by atoms with E-state index in [4.69, 9.17) is 27.9 Å².